The fourth-order valence-corrected chi connectivity index (χ4v) is 3.48. The minimum Gasteiger partial charge on any atom is -0.481 e. The van der Waals surface area contributed by atoms with Crippen LogP contribution in [0.1, 0.15) is 25.7 Å². The van der Waals surface area contributed by atoms with Gasteiger partial charge in [-0.3, -0.25) is 0 Å². The van der Waals surface area contributed by atoms with Crippen LogP contribution in [0.3, 0.4) is 0 Å². The van der Waals surface area contributed by atoms with E-state index in [-0.39, 0.29) is 0 Å². The third kappa shape index (κ3) is 1.95. The fourth-order valence-electron chi connectivity index (χ4n) is 3.07. The summed E-state index contributed by atoms with van der Waals surface area (Å²) in [6.07, 6.45) is 6.13. The van der Waals surface area contributed by atoms with Crippen molar-refractivity contribution in [1.29, 1.82) is 0 Å². The Morgan fingerprint density at radius 1 is 1.29 bits per heavy atom. The average molecular weight is 254 g/mol. The molecule has 0 saturated carbocycles. The van der Waals surface area contributed by atoms with Crippen LogP contribution >= 0.6 is 11.6 Å². The van der Waals surface area contributed by atoms with Crippen molar-refractivity contribution in [2.75, 3.05) is 12.0 Å². The number of alkyl halides is 1. The molecule has 5 heteroatoms. The van der Waals surface area contributed by atoms with Gasteiger partial charge in [-0.2, -0.15) is 0 Å². The summed E-state index contributed by atoms with van der Waals surface area (Å²) >= 11 is 6.27. The first-order valence-electron chi connectivity index (χ1n) is 6.06. The maximum atomic E-state index is 6.27. The van der Waals surface area contributed by atoms with Gasteiger partial charge in [0.25, 0.3) is 0 Å². The molecular weight excluding hydrogens is 238 g/mol. The van der Waals surface area contributed by atoms with Gasteiger partial charge in [-0.25, -0.2) is 9.97 Å². The number of piperidine rings is 1. The number of hydrogen-bond acceptors (Lipinski definition) is 4. The Kier molecular flexibility index (Phi) is 2.82. The van der Waals surface area contributed by atoms with Gasteiger partial charge in [-0.15, -0.1) is 11.6 Å². The van der Waals surface area contributed by atoms with Crippen LogP contribution in [0.25, 0.3) is 0 Å². The second kappa shape index (κ2) is 4.33. The van der Waals surface area contributed by atoms with Crippen LogP contribution in [0.4, 0.5) is 5.82 Å². The first-order chi connectivity index (χ1) is 8.28. The Morgan fingerprint density at radius 2 is 2.00 bits per heavy atom. The van der Waals surface area contributed by atoms with E-state index in [9.17, 15) is 0 Å². The number of fused-ring (bicyclic) bond motifs is 2. The highest BCUT2D eigenvalue weighted by Crippen LogP contribution is 2.40. The highest BCUT2D eigenvalue weighted by Gasteiger charge is 2.40. The first-order valence-corrected chi connectivity index (χ1v) is 6.50. The maximum absolute atomic E-state index is 6.27. The van der Waals surface area contributed by atoms with Crippen molar-refractivity contribution in [2.45, 2.75) is 43.1 Å². The van der Waals surface area contributed by atoms with Crippen molar-refractivity contribution in [3.63, 3.8) is 0 Å². The fraction of sp³-hybridized carbons (Fsp3) is 0.667. The van der Waals surface area contributed by atoms with Gasteiger partial charge in [0.05, 0.1) is 7.11 Å². The number of nitrogens with zero attached hydrogens (tertiary/aromatic N) is 3. The van der Waals surface area contributed by atoms with E-state index in [2.05, 4.69) is 14.9 Å². The molecule has 2 fully saturated rings. The van der Waals surface area contributed by atoms with Gasteiger partial charge < -0.3 is 9.64 Å². The molecule has 1 aromatic heterocycles. The molecule has 0 N–H and O–H groups in total. The van der Waals surface area contributed by atoms with Crippen LogP contribution in [0, 0.1) is 0 Å². The second-order valence-corrected chi connectivity index (χ2v) is 5.40. The van der Waals surface area contributed by atoms with Gasteiger partial charge in [-0.05, 0) is 25.7 Å². The van der Waals surface area contributed by atoms with E-state index in [4.69, 9.17) is 16.3 Å². The molecule has 0 amide bonds. The van der Waals surface area contributed by atoms with Crippen molar-refractivity contribution in [1.82, 2.24) is 9.97 Å². The summed E-state index contributed by atoms with van der Waals surface area (Å²) in [6.45, 7) is 0. The lowest BCUT2D eigenvalue weighted by atomic mass is 10.0. The minimum absolute atomic E-state index is 0.326. The van der Waals surface area contributed by atoms with Crippen molar-refractivity contribution in [3.05, 3.63) is 12.4 Å². The molecule has 2 aliphatic heterocycles. The highest BCUT2D eigenvalue weighted by atomic mass is 35.5. The van der Waals surface area contributed by atoms with Gasteiger partial charge in [0.1, 0.15) is 12.1 Å². The molecule has 92 valence electrons. The zero-order valence-electron chi connectivity index (χ0n) is 9.84. The third-order valence-electron chi connectivity index (χ3n) is 3.78. The first kappa shape index (κ1) is 11.1. The lowest BCUT2D eigenvalue weighted by Gasteiger charge is -2.37. The van der Waals surface area contributed by atoms with Crippen molar-refractivity contribution in [2.24, 2.45) is 0 Å². The number of methoxy groups -OCH3 is 1. The predicted molar refractivity (Wildman–Crippen MR) is 66.7 cm³/mol. The predicted octanol–water partition coefficient (Wildman–Crippen LogP) is 2.22. The Balaban J connectivity index is 1.89. The minimum atomic E-state index is 0.326. The van der Waals surface area contributed by atoms with Crippen LogP contribution in [0.5, 0.6) is 5.88 Å². The zero-order valence-corrected chi connectivity index (χ0v) is 10.6. The Hall–Kier alpha value is -1.03. The maximum Gasteiger partial charge on any atom is 0.218 e. The number of hydrogen-bond donors (Lipinski definition) is 0. The molecule has 17 heavy (non-hydrogen) atoms. The van der Waals surface area contributed by atoms with E-state index in [0.717, 1.165) is 18.7 Å². The standard InChI is InChI=1S/C12H16ClN3O/c1-17-12-6-11(14-7-15-12)16-9-2-3-10(16)5-8(13)4-9/h6-10H,2-5H2,1H3. The quantitative estimate of drug-likeness (QED) is 0.758. The summed E-state index contributed by atoms with van der Waals surface area (Å²) in [5.74, 6) is 1.61. The summed E-state index contributed by atoms with van der Waals surface area (Å²) in [5, 5.41) is 0.326. The Labute approximate surface area is 106 Å². The van der Waals surface area contributed by atoms with Gasteiger partial charge in [0.2, 0.25) is 5.88 Å². The summed E-state index contributed by atoms with van der Waals surface area (Å²) in [6, 6.07) is 2.99. The molecule has 0 aromatic carbocycles. The molecule has 0 spiro atoms. The van der Waals surface area contributed by atoms with Crippen LogP contribution < -0.4 is 9.64 Å². The molecule has 2 atom stereocenters. The smallest absolute Gasteiger partial charge is 0.218 e. The SMILES string of the molecule is COc1cc(N2C3CCC2CC(Cl)C3)ncn1. The molecule has 2 aliphatic rings. The topological polar surface area (TPSA) is 38.2 Å². The summed E-state index contributed by atoms with van der Waals surface area (Å²) in [5.41, 5.74) is 0. The Bertz CT molecular complexity index is 400. The van der Waals surface area contributed by atoms with Gasteiger partial charge >= 0.3 is 0 Å². The number of ether oxygens (including phenoxy) is 1. The van der Waals surface area contributed by atoms with Gasteiger partial charge in [0, 0.05) is 23.5 Å². The Morgan fingerprint density at radius 3 is 2.65 bits per heavy atom. The van der Waals surface area contributed by atoms with E-state index >= 15 is 0 Å². The van der Waals surface area contributed by atoms with Crippen LogP contribution in [0.15, 0.2) is 12.4 Å². The van der Waals surface area contributed by atoms with Crippen molar-refractivity contribution in [3.8, 4) is 5.88 Å². The third-order valence-corrected chi connectivity index (χ3v) is 4.13. The number of rotatable bonds is 2. The normalized spacial score (nSPS) is 31.6. The second-order valence-electron chi connectivity index (χ2n) is 4.78. The van der Waals surface area contributed by atoms with Crippen LogP contribution in [-0.4, -0.2) is 34.5 Å². The molecule has 2 unspecified atom stereocenters. The molecule has 3 heterocycles. The van der Waals surface area contributed by atoms with E-state index in [1.54, 1.807) is 13.4 Å². The van der Waals surface area contributed by atoms with Crippen molar-refractivity contribution < 1.29 is 4.74 Å². The zero-order chi connectivity index (χ0) is 11.8. The monoisotopic (exact) mass is 253 g/mol. The van der Waals surface area contributed by atoms with E-state index < -0.39 is 0 Å². The molecule has 0 aliphatic carbocycles. The summed E-state index contributed by atoms with van der Waals surface area (Å²) < 4.78 is 5.15. The van der Waals surface area contributed by atoms with Crippen molar-refractivity contribution >= 4 is 17.4 Å². The molecule has 4 nitrogen and oxygen atoms in total. The molecule has 1 aromatic rings. The lowest BCUT2D eigenvalue weighted by molar-refractivity contribution is 0.395. The van der Waals surface area contributed by atoms with E-state index in [0.29, 0.717) is 23.3 Å². The van der Waals surface area contributed by atoms with E-state index in [1.165, 1.54) is 12.8 Å². The van der Waals surface area contributed by atoms with Crippen LogP contribution in [-0.2, 0) is 0 Å². The molecular formula is C12H16ClN3O. The summed E-state index contributed by atoms with van der Waals surface area (Å²) in [7, 11) is 1.63. The average Bonchev–Trinajstić information content (AvgIpc) is 2.62. The number of anilines is 1. The number of aromatic nitrogens is 2. The van der Waals surface area contributed by atoms with E-state index in [1.807, 2.05) is 6.07 Å². The molecule has 0 radical (unpaired) electrons. The lowest BCUT2D eigenvalue weighted by Crippen LogP contribution is -2.43. The largest absolute Gasteiger partial charge is 0.481 e. The van der Waals surface area contributed by atoms with Crippen LogP contribution in [0.2, 0.25) is 0 Å². The molecule has 2 saturated heterocycles. The number of halogens is 1. The van der Waals surface area contributed by atoms with Gasteiger partial charge in [0.15, 0.2) is 0 Å². The summed E-state index contributed by atoms with van der Waals surface area (Å²) in [4.78, 5) is 10.8. The van der Waals surface area contributed by atoms with Gasteiger partial charge in [-0.1, -0.05) is 0 Å². The highest BCUT2D eigenvalue weighted by molar-refractivity contribution is 6.20. The molecule has 3 rings (SSSR count). The molecule has 2 bridgehead atoms.